The summed E-state index contributed by atoms with van der Waals surface area (Å²) < 4.78 is 7.72. The van der Waals surface area contributed by atoms with Crippen LogP contribution in [0.15, 0.2) is 66.8 Å². The number of carbonyl (C=O) groups is 2. The zero-order chi connectivity index (χ0) is 25.4. The van der Waals surface area contributed by atoms with Crippen molar-refractivity contribution in [1.82, 2.24) is 14.5 Å². The smallest absolute Gasteiger partial charge is 0.295 e. The first kappa shape index (κ1) is 23.7. The van der Waals surface area contributed by atoms with E-state index in [1.165, 1.54) is 0 Å². The second kappa shape index (κ2) is 9.53. The topological polar surface area (TPSA) is 87.9 Å². The van der Waals surface area contributed by atoms with Gasteiger partial charge < -0.3 is 24.2 Å². The first-order valence-electron chi connectivity index (χ1n) is 12.1. The van der Waals surface area contributed by atoms with Gasteiger partial charge in [-0.1, -0.05) is 12.1 Å². The fourth-order valence-corrected chi connectivity index (χ4v) is 4.98. The minimum atomic E-state index is -0.674. The summed E-state index contributed by atoms with van der Waals surface area (Å²) >= 11 is 0. The van der Waals surface area contributed by atoms with Crippen LogP contribution in [0.3, 0.4) is 0 Å². The number of fused-ring (bicyclic) bond motifs is 1. The van der Waals surface area contributed by atoms with E-state index in [9.17, 15) is 14.7 Å². The van der Waals surface area contributed by atoms with Crippen LogP contribution in [0.5, 0.6) is 5.75 Å². The zero-order valence-corrected chi connectivity index (χ0v) is 20.7. The van der Waals surface area contributed by atoms with Crippen LogP contribution in [0, 0.1) is 0 Å². The fraction of sp³-hybridized carbons (Fsp3) is 0.321. The van der Waals surface area contributed by atoms with E-state index < -0.39 is 17.7 Å². The Morgan fingerprint density at radius 1 is 1.14 bits per heavy atom. The van der Waals surface area contributed by atoms with Crippen LogP contribution in [0.2, 0.25) is 0 Å². The molecule has 3 heterocycles. The molecule has 1 N–H and O–H groups in total. The summed E-state index contributed by atoms with van der Waals surface area (Å²) in [7, 11) is 3.91. The van der Waals surface area contributed by atoms with Gasteiger partial charge in [0.2, 0.25) is 0 Å². The number of aromatic nitrogens is 2. The van der Waals surface area contributed by atoms with Gasteiger partial charge in [0, 0.05) is 57.3 Å². The van der Waals surface area contributed by atoms with Gasteiger partial charge in [0.1, 0.15) is 17.6 Å². The number of hydrogen-bond acceptors (Lipinski definition) is 6. The Labute approximate surface area is 210 Å². The van der Waals surface area contributed by atoms with Crippen molar-refractivity contribution >= 4 is 23.1 Å². The van der Waals surface area contributed by atoms with E-state index in [0.29, 0.717) is 25.1 Å². The number of imidazole rings is 1. The van der Waals surface area contributed by atoms with Crippen molar-refractivity contribution in [2.45, 2.75) is 38.5 Å². The SMILES string of the molecule is C[C@@H]1Cc2cc(C(O)=C3C(=O)C(=O)N(CCCn4ccnc4)[C@H]3c3ccc(N(C)C)cc3)ccc2O1. The average molecular weight is 487 g/mol. The summed E-state index contributed by atoms with van der Waals surface area (Å²) in [5.74, 6) is -0.631. The molecule has 186 valence electrons. The van der Waals surface area contributed by atoms with E-state index in [1.54, 1.807) is 23.5 Å². The number of ketones is 1. The molecular weight excluding hydrogens is 456 g/mol. The summed E-state index contributed by atoms with van der Waals surface area (Å²) in [6.45, 7) is 3.03. The summed E-state index contributed by atoms with van der Waals surface area (Å²) in [4.78, 5) is 34.1. The predicted molar refractivity (Wildman–Crippen MR) is 137 cm³/mol. The van der Waals surface area contributed by atoms with Gasteiger partial charge in [0.05, 0.1) is 17.9 Å². The van der Waals surface area contributed by atoms with Crippen LogP contribution in [0.4, 0.5) is 5.69 Å². The van der Waals surface area contributed by atoms with Crippen LogP contribution in [-0.4, -0.2) is 58.0 Å². The Morgan fingerprint density at radius 3 is 2.61 bits per heavy atom. The highest BCUT2D eigenvalue weighted by Gasteiger charge is 2.45. The summed E-state index contributed by atoms with van der Waals surface area (Å²) in [5.41, 5.74) is 3.39. The molecule has 1 aromatic heterocycles. The second-order valence-corrected chi connectivity index (χ2v) is 9.59. The Hall–Kier alpha value is -4.07. The maximum Gasteiger partial charge on any atom is 0.295 e. The molecule has 8 nitrogen and oxygen atoms in total. The molecule has 1 amide bonds. The molecule has 0 radical (unpaired) electrons. The Balaban J connectivity index is 1.53. The molecule has 2 aliphatic rings. The number of carbonyl (C=O) groups excluding carboxylic acids is 2. The van der Waals surface area contributed by atoms with Crippen molar-refractivity contribution in [3.63, 3.8) is 0 Å². The van der Waals surface area contributed by atoms with Crippen molar-refractivity contribution in [2.24, 2.45) is 0 Å². The molecule has 8 heteroatoms. The van der Waals surface area contributed by atoms with Crippen LogP contribution >= 0.6 is 0 Å². The van der Waals surface area contributed by atoms with Crippen molar-refractivity contribution in [3.05, 3.63) is 83.4 Å². The predicted octanol–water partition coefficient (Wildman–Crippen LogP) is 3.78. The fourth-order valence-electron chi connectivity index (χ4n) is 4.98. The van der Waals surface area contributed by atoms with Crippen LogP contribution in [0.25, 0.3) is 5.76 Å². The third kappa shape index (κ3) is 4.34. The number of ether oxygens (including phenoxy) is 1. The van der Waals surface area contributed by atoms with Gasteiger partial charge in [-0.15, -0.1) is 0 Å². The number of hydrogen-bond donors (Lipinski definition) is 1. The lowest BCUT2D eigenvalue weighted by atomic mass is 9.94. The van der Waals surface area contributed by atoms with E-state index >= 15 is 0 Å². The number of benzene rings is 2. The summed E-state index contributed by atoms with van der Waals surface area (Å²) in [6, 6.07) is 12.5. The molecular formula is C28H30N4O4. The highest BCUT2D eigenvalue weighted by molar-refractivity contribution is 6.46. The molecule has 0 bridgehead atoms. The molecule has 1 saturated heterocycles. The number of nitrogens with zero attached hydrogens (tertiary/aromatic N) is 4. The van der Waals surface area contributed by atoms with E-state index in [1.807, 2.05) is 73.1 Å². The molecule has 5 rings (SSSR count). The lowest BCUT2D eigenvalue weighted by Gasteiger charge is -2.26. The van der Waals surface area contributed by atoms with Crippen LogP contribution < -0.4 is 9.64 Å². The highest BCUT2D eigenvalue weighted by atomic mass is 16.5. The molecule has 2 aromatic carbocycles. The molecule has 2 aliphatic heterocycles. The molecule has 2 atom stereocenters. The molecule has 1 fully saturated rings. The third-order valence-electron chi connectivity index (χ3n) is 6.81. The average Bonchev–Trinajstić information content (AvgIpc) is 3.57. The van der Waals surface area contributed by atoms with Gasteiger partial charge in [0.15, 0.2) is 0 Å². The highest BCUT2D eigenvalue weighted by Crippen LogP contribution is 2.41. The number of likely N-dealkylation sites (tertiary alicyclic amines) is 1. The number of aryl methyl sites for hydroxylation is 1. The van der Waals surface area contributed by atoms with Gasteiger partial charge in [-0.2, -0.15) is 0 Å². The monoisotopic (exact) mass is 486 g/mol. The van der Waals surface area contributed by atoms with Crippen molar-refractivity contribution in [3.8, 4) is 5.75 Å². The lowest BCUT2D eigenvalue weighted by Crippen LogP contribution is -2.31. The molecule has 3 aromatic rings. The van der Waals surface area contributed by atoms with E-state index in [0.717, 1.165) is 29.0 Å². The lowest BCUT2D eigenvalue weighted by molar-refractivity contribution is -0.139. The van der Waals surface area contributed by atoms with Crippen molar-refractivity contribution in [2.75, 3.05) is 25.5 Å². The van der Waals surface area contributed by atoms with Crippen molar-refractivity contribution in [1.29, 1.82) is 0 Å². The van der Waals surface area contributed by atoms with Gasteiger partial charge in [-0.05, 0) is 54.8 Å². The molecule has 0 spiro atoms. The second-order valence-electron chi connectivity index (χ2n) is 9.59. The first-order valence-corrected chi connectivity index (χ1v) is 12.1. The number of rotatable bonds is 7. The summed E-state index contributed by atoms with van der Waals surface area (Å²) in [6.07, 6.45) is 6.74. The van der Waals surface area contributed by atoms with Gasteiger partial charge in [0.25, 0.3) is 11.7 Å². The largest absolute Gasteiger partial charge is 0.507 e. The molecule has 36 heavy (non-hydrogen) atoms. The van der Waals surface area contributed by atoms with Crippen LogP contribution in [-0.2, 0) is 22.6 Å². The van der Waals surface area contributed by atoms with Gasteiger partial charge in [-0.25, -0.2) is 4.98 Å². The third-order valence-corrected chi connectivity index (χ3v) is 6.81. The number of aliphatic hydroxyl groups is 1. The van der Waals surface area contributed by atoms with Gasteiger partial charge >= 0.3 is 0 Å². The maximum atomic E-state index is 13.3. The standard InChI is InChI=1S/C28H30N4O4/c1-18-15-21-16-20(7-10-23(21)36-18)26(33)24-25(19-5-8-22(9-6-19)30(2)3)32(28(35)27(24)34)13-4-12-31-14-11-29-17-31/h5-11,14,16-18,25,33H,4,12-13,15H2,1-3H3/t18-,25+/m1/s1. The number of amides is 1. The molecule has 0 aliphatic carbocycles. The zero-order valence-electron chi connectivity index (χ0n) is 20.7. The number of anilines is 1. The van der Waals surface area contributed by atoms with Gasteiger partial charge in [-0.3, -0.25) is 9.59 Å². The Kier molecular flexibility index (Phi) is 6.26. The van der Waals surface area contributed by atoms with E-state index in [-0.39, 0.29) is 17.4 Å². The van der Waals surface area contributed by atoms with E-state index in [4.69, 9.17) is 4.74 Å². The molecule has 0 unspecified atom stereocenters. The normalized spacial score (nSPS) is 20.5. The quantitative estimate of drug-likeness (QED) is 0.311. The van der Waals surface area contributed by atoms with Crippen molar-refractivity contribution < 1.29 is 19.4 Å². The van der Waals surface area contributed by atoms with E-state index in [2.05, 4.69) is 4.98 Å². The first-order chi connectivity index (χ1) is 17.3. The number of Topliss-reactive ketones (excluding diaryl/α,β-unsaturated/α-hetero) is 1. The molecule has 0 saturated carbocycles. The Bertz CT molecular complexity index is 1310. The summed E-state index contributed by atoms with van der Waals surface area (Å²) in [5, 5.41) is 11.4. The minimum Gasteiger partial charge on any atom is -0.507 e. The minimum absolute atomic E-state index is 0.0636. The van der Waals surface area contributed by atoms with Crippen LogP contribution in [0.1, 0.15) is 36.1 Å². The Morgan fingerprint density at radius 2 is 1.92 bits per heavy atom. The maximum absolute atomic E-state index is 13.3. The number of aliphatic hydroxyl groups excluding tert-OH is 1.